The van der Waals surface area contributed by atoms with Gasteiger partial charge in [-0.25, -0.2) is 0 Å². The number of likely N-dealkylation sites (N-methyl/N-ethyl adjacent to an activating group) is 1. The summed E-state index contributed by atoms with van der Waals surface area (Å²) in [6.45, 7) is 14.0. The third-order valence-electron chi connectivity index (χ3n) is 3.45. The number of carbonyl (C=O) groups excluding carboxylic acids is 1. The van der Waals surface area contributed by atoms with Gasteiger partial charge in [-0.3, -0.25) is 9.69 Å². The molecule has 1 fully saturated rings. The lowest BCUT2D eigenvalue weighted by molar-refractivity contribution is -0.109. The summed E-state index contributed by atoms with van der Waals surface area (Å²) in [5, 5.41) is 2.25. The van der Waals surface area contributed by atoms with Crippen molar-refractivity contribution in [3.63, 3.8) is 0 Å². The van der Waals surface area contributed by atoms with Crippen molar-refractivity contribution in [3.05, 3.63) is 30.3 Å². The maximum Gasteiger partial charge on any atom is 0.206 e. The maximum atomic E-state index is 9.06. The lowest BCUT2D eigenvalue weighted by Crippen LogP contribution is -2.47. The Hall–Kier alpha value is -1.59. The van der Waals surface area contributed by atoms with E-state index >= 15 is 0 Å². The molecule has 132 valence electrons. The number of nitrogens with one attached hydrogen (secondary N) is 1. The summed E-state index contributed by atoms with van der Waals surface area (Å²) in [4.78, 5) is 14.0. The lowest BCUT2D eigenvalue weighted by atomic mass is 10.3. The predicted molar refractivity (Wildman–Crippen MR) is 97.0 cm³/mol. The zero-order valence-electron chi connectivity index (χ0n) is 15.1. The van der Waals surface area contributed by atoms with Gasteiger partial charge in [0, 0.05) is 39.8 Å². The number of amides is 1. The minimum absolute atomic E-state index is 0.625. The van der Waals surface area contributed by atoms with Crippen LogP contribution in [0.4, 0.5) is 0 Å². The normalized spacial score (nSPS) is 14.6. The average molecular weight is 323 g/mol. The van der Waals surface area contributed by atoms with E-state index in [2.05, 4.69) is 22.0 Å². The van der Waals surface area contributed by atoms with Crippen molar-refractivity contribution in [2.45, 2.75) is 20.8 Å². The fourth-order valence-electron chi connectivity index (χ4n) is 2.14. The highest BCUT2D eigenvalue weighted by Crippen LogP contribution is 2.08. The van der Waals surface area contributed by atoms with E-state index in [4.69, 9.17) is 9.53 Å². The molecule has 1 aliphatic rings. The summed E-state index contributed by atoms with van der Waals surface area (Å²) in [5.74, 6) is 0.972. The predicted octanol–water partition coefficient (Wildman–Crippen LogP) is 2.09. The Morgan fingerprint density at radius 3 is 2.09 bits per heavy atom. The second-order valence-electron chi connectivity index (χ2n) is 4.84. The van der Waals surface area contributed by atoms with Crippen molar-refractivity contribution in [2.24, 2.45) is 0 Å². The minimum atomic E-state index is 0.625. The highest BCUT2D eigenvalue weighted by atomic mass is 16.5. The van der Waals surface area contributed by atoms with Crippen molar-refractivity contribution < 1.29 is 9.53 Å². The molecule has 5 heteroatoms. The molecular weight excluding hydrogens is 290 g/mol. The quantitative estimate of drug-likeness (QED) is 0.814. The van der Waals surface area contributed by atoms with Crippen LogP contribution in [-0.4, -0.2) is 69.1 Å². The Kier molecular flexibility index (Phi) is 14.3. The maximum absolute atomic E-state index is 9.06. The number of hydrogen-bond acceptors (Lipinski definition) is 4. The zero-order chi connectivity index (χ0) is 17.3. The molecule has 5 nitrogen and oxygen atoms in total. The van der Waals surface area contributed by atoms with Crippen molar-refractivity contribution in [1.29, 1.82) is 0 Å². The summed E-state index contributed by atoms with van der Waals surface area (Å²) < 4.78 is 5.71. The number of benzene rings is 1. The van der Waals surface area contributed by atoms with Crippen LogP contribution in [0.5, 0.6) is 5.75 Å². The Morgan fingerprint density at radius 1 is 1.09 bits per heavy atom. The van der Waals surface area contributed by atoms with E-state index in [0.29, 0.717) is 6.41 Å². The Bertz CT molecular complexity index is 366. The van der Waals surface area contributed by atoms with E-state index in [0.717, 1.165) is 18.9 Å². The van der Waals surface area contributed by atoms with E-state index in [-0.39, 0.29) is 0 Å². The van der Waals surface area contributed by atoms with E-state index in [1.54, 1.807) is 7.05 Å². The molecule has 0 radical (unpaired) electrons. The summed E-state index contributed by atoms with van der Waals surface area (Å²) in [6.07, 6.45) is 0.625. The number of ether oxygens (including phenoxy) is 1. The van der Waals surface area contributed by atoms with E-state index in [9.17, 15) is 0 Å². The number of hydrogen-bond donors (Lipinski definition) is 1. The van der Waals surface area contributed by atoms with Gasteiger partial charge in [0.2, 0.25) is 6.41 Å². The van der Waals surface area contributed by atoms with Crippen LogP contribution in [0.3, 0.4) is 0 Å². The first kappa shape index (κ1) is 21.4. The fraction of sp³-hybridized carbons (Fsp3) is 0.611. The van der Waals surface area contributed by atoms with Gasteiger partial charge < -0.3 is 15.0 Å². The topological polar surface area (TPSA) is 44.8 Å². The molecule has 0 spiro atoms. The molecule has 23 heavy (non-hydrogen) atoms. The van der Waals surface area contributed by atoms with Gasteiger partial charge >= 0.3 is 0 Å². The van der Waals surface area contributed by atoms with Gasteiger partial charge in [-0.2, -0.15) is 0 Å². The highest BCUT2D eigenvalue weighted by molar-refractivity contribution is 5.44. The van der Waals surface area contributed by atoms with Crippen LogP contribution in [-0.2, 0) is 4.79 Å². The molecule has 1 saturated heterocycles. The van der Waals surface area contributed by atoms with Gasteiger partial charge in [0.1, 0.15) is 12.4 Å². The van der Waals surface area contributed by atoms with E-state index in [1.807, 2.05) is 44.2 Å². The largest absolute Gasteiger partial charge is 0.492 e. The van der Waals surface area contributed by atoms with Gasteiger partial charge in [0.05, 0.1) is 0 Å². The van der Waals surface area contributed by atoms with Crippen LogP contribution in [0, 0.1) is 0 Å². The molecule has 1 heterocycles. The monoisotopic (exact) mass is 323 g/mol. The minimum Gasteiger partial charge on any atom is -0.492 e. The number of para-hydroxylation sites is 1. The van der Waals surface area contributed by atoms with E-state index < -0.39 is 0 Å². The molecule has 0 unspecified atom stereocenters. The van der Waals surface area contributed by atoms with Crippen molar-refractivity contribution >= 4 is 6.41 Å². The molecule has 0 bridgehead atoms. The molecule has 1 amide bonds. The Labute approximate surface area is 141 Å². The molecular formula is C18H33N3O2. The first-order valence-corrected chi connectivity index (χ1v) is 8.53. The lowest BCUT2D eigenvalue weighted by Gasteiger charge is -2.33. The van der Waals surface area contributed by atoms with Gasteiger partial charge in [0.25, 0.3) is 0 Å². The SMILES string of the molecule is CC.CCN1CCN(CCOc2ccccc2)CC1.CNC=O. The molecule has 1 aromatic carbocycles. The average Bonchev–Trinajstić information content (AvgIpc) is 2.65. The van der Waals surface area contributed by atoms with Crippen LogP contribution in [0.15, 0.2) is 30.3 Å². The first-order chi connectivity index (χ1) is 11.3. The standard InChI is InChI=1S/C14H22N2O.C2H5NO.C2H6/c1-2-15-8-10-16(11-9-15)12-13-17-14-6-4-3-5-7-14;1-3-2-4;1-2/h3-7H,2,8-13H2,1H3;2H,1H3,(H,3,4);1-2H3. The Balaban J connectivity index is 0.000000705. The van der Waals surface area contributed by atoms with Crippen LogP contribution in [0.2, 0.25) is 0 Å². The van der Waals surface area contributed by atoms with Crippen LogP contribution >= 0.6 is 0 Å². The molecule has 0 aliphatic carbocycles. The molecule has 1 aliphatic heterocycles. The van der Waals surface area contributed by atoms with Gasteiger partial charge in [0.15, 0.2) is 0 Å². The molecule has 1 N–H and O–H groups in total. The number of nitrogens with zero attached hydrogens (tertiary/aromatic N) is 2. The Morgan fingerprint density at radius 2 is 1.61 bits per heavy atom. The third kappa shape index (κ3) is 10.7. The number of carbonyl (C=O) groups is 1. The molecule has 0 atom stereocenters. The second kappa shape index (κ2) is 15.3. The fourth-order valence-corrected chi connectivity index (χ4v) is 2.14. The number of piperazine rings is 1. The van der Waals surface area contributed by atoms with Gasteiger partial charge in [-0.1, -0.05) is 39.0 Å². The first-order valence-electron chi connectivity index (χ1n) is 8.53. The van der Waals surface area contributed by atoms with Crippen LogP contribution in [0.1, 0.15) is 20.8 Å². The van der Waals surface area contributed by atoms with Gasteiger partial charge in [-0.05, 0) is 18.7 Å². The zero-order valence-corrected chi connectivity index (χ0v) is 15.1. The smallest absolute Gasteiger partial charge is 0.206 e. The third-order valence-corrected chi connectivity index (χ3v) is 3.45. The van der Waals surface area contributed by atoms with Crippen molar-refractivity contribution in [3.8, 4) is 5.75 Å². The highest BCUT2D eigenvalue weighted by Gasteiger charge is 2.14. The summed E-state index contributed by atoms with van der Waals surface area (Å²) in [7, 11) is 1.56. The van der Waals surface area contributed by atoms with Crippen molar-refractivity contribution in [2.75, 3.05) is 52.9 Å². The summed E-state index contributed by atoms with van der Waals surface area (Å²) in [6, 6.07) is 10.0. The van der Waals surface area contributed by atoms with Crippen LogP contribution in [0.25, 0.3) is 0 Å². The summed E-state index contributed by atoms with van der Waals surface area (Å²) >= 11 is 0. The molecule has 0 aromatic heterocycles. The second-order valence-corrected chi connectivity index (χ2v) is 4.84. The van der Waals surface area contributed by atoms with E-state index in [1.165, 1.54) is 32.7 Å². The molecule has 1 aromatic rings. The number of rotatable bonds is 6. The van der Waals surface area contributed by atoms with Crippen LogP contribution < -0.4 is 10.1 Å². The van der Waals surface area contributed by atoms with Crippen molar-refractivity contribution in [1.82, 2.24) is 15.1 Å². The summed E-state index contributed by atoms with van der Waals surface area (Å²) in [5.41, 5.74) is 0. The molecule has 2 rings (SSSR count). The van der Waals surface area contributed by atoms with Gasteiger partial charge in [-0.15, -0.1) is 0 Å². The molecule has 0 saturated carbocycles.